The molecule has 0 bridgehead atoms. The molecule has 242 valence electrons. The molecular formula is C48H34N2S. The third kappa shape index (κ3) is 6.40. The Morgan fingerprint density at radius 3 is 1.29 bits per heavy atom. The van der Waals surface area contributed by atoms with Crippen molar-refractivity contribution in [2.45, 2.75) is 11.5 Å². The van der Waals surface area contributed by atoms with Gasteiger partial charge in [0.25, 0.3) is 0 Å². The highest BCUT2D eigenvalue weighted by Gasteiger charge is 2.18. The fourth-order valence-corrected chi connectivity index (χ4v) is 8.17. The van der Waals surface area contributed by atoms with Crippen molar-refractivity contribution in [3.05, 3.63) is 194 Å². The van der Waals surface area contributed by atoms with Crippen LogP contribution in [0.1, 0.15) is 11.1 Å². The molecule has 0 fully saturated rings. The van der Waals surface area contributed by atoms with E-state index in [1.165, 1.54) is 66.8 Å². The monoisotopic (exact) mass is 670 g/mol. The summed E-state index contributed by atoms with van der Waals surface area (Å²) in [5, 5.41) is 0. The molecule has 0 amide bonds. The number of aromatic nitrogens is 2. The Labute approximate surface area is 303 Å². The second-order valence-electron chi connectivity index (χ2n) is 13.1. The van der Waals surface area contributed by atoms with E-state index in [9.17, 15) is 0 Å². The fourth-order valence-electron chi connectivity index (χ4n) is 7.14. The maximum atomic E-state index is 4.41. The van der Waals surface area contributed by atoms with E-state index in [1.807, 2.05) is 48.7 Å². The molecule has 3 heteroatoms. The number of nitrogens with zero attached hydrogens (tertiary/aromatic N) is 2. The van der Waals surface area contributed by atoms with Crippen molar-refractivity contribution in [2.24, 2.45) is 0 Å². The number of benzene rings is 6. The summed E-state index contributed by atoms with van der Waals surface area (Å²) in [5.41, 5.74) is 19.6. The summed E-state index contributed by atoms with van der Waals surface area (Å²) in [6, 6.07) is 57.6. The van der Waals surface area contributed by atoms with Crippen molar-refractivity contribution in [1.29, 1.82) is 0 Å². The van der Waals surface area contributed by atoms with Gasteiger partial charge >= 0.3 is 0 Å². The SMILES string of the molecule is c1ccc(-c2cc(-c3ccccc3)cc(-c3ccc4c(c3)-c3ccc(-c5cc(-c6cccnc6)cc(-c6cccnc6)c5)cc3CSC4)c2)cc1. The molecule has 0 atom stereocenters. The lowest BCUT2D eigenvalue weighted by molar-refractivity contribution is 1.32. The average molecular weight is 671 g/mol. The molecule has 3 heterocycles. The van der Waals surface area contributed by atoms with Gasteiger partial charge in [-0.1, -0.05) is 97.1 Å². The highest BCUT2D eigenvalue weighted by atomic mass is 32.2. The van der Waals surface area contributed by atoms with Crippen molar-refractivity contribution < 1.29 is 0 Å². The van der Waals surface area contributed by atoms with Crippen LogP contribution in [0.25, 0.3) is 77.9 Å². The fraction of sp³-hybridized carbons (Fsp3) is 0.0417. The van der Waals surface area contributed by atoms with Crippen molar-refractivity contribution in [3.8, 4) is 77.9 Å². The van der Waals surface area contributed by atoms with Gasteiger partial charge in [0.1, 0.15) is 0 Å². The predicted octanol–water partition coefficient (Wildman–Crippen LogP) is 12.9. The molecule has 51 heavy (non-hydrogen) atoms. The molecule has 1 aliphatic heterocycles. The minimum Gasteiger partial charge on any atom is -0.264 e. The first-order chi connectivity index (χ1) is 25.2. The van der Waals surface area contributed by atoms with Crippen LogP contribution in [0.3, 0.4) is 0 Å². The van der Waals surface area contributed by atoms with Crippen LogP contribution < -0.4 is 0 Å². The molecule has 0 N–H and O–H groups in total. The van der Waals surface area contributed by atoms with Crippen LogP contribution in [0.15, 0.2) is 183 Å². The highest BCUT2D eigenvalue weighted by molar-refractivity contribution is 7.97. The summed E-state index contributed by atoms with van der Waals surface area (Å²) in [7, 11) is 0. The molecule has 0 saturated heterocycles. The molecule has 8 aromatic rings. The molecule has 2 nitrogen and oxygen atoms in total. The van der Waals surface area contributed by atoms with Gasteiger partial charge < -0.3 is 0 Å². The number of hydrogen-bond acceptors (Lipinski definition) is 3. The van der Waals surface area contributed by atoms with Gasteiger partial charge in [0.05, 0.1) is 0 Å². The Balaban J connectivity index is 1.14. The number of pyridine rings is 2. The minimum atomic E-state index is 0.965. The van der Waals surface area contributed by atoms with Gasteiger partial charge in [-0.2, -0.15) is 11.8 Å². The molecular weight excluding hydrogens is 637 g/mol. The first-order valence-electron chi connectivity index (χ1n) is 17.3. The predicted molar refractivity (Wildman–Crippen MR) is 215 cm³/mol. The summed E-state index contributed by atoms with van der Waals surface area (Å²) >= 11 is 1.99. The minimum absolute atomic E-state index is 0.965. The molecule has 2 aromatic heterocycles. The molecule has 0 spiro atoms. The lowest BCUT2D eigenvalue weighted by atomic mass is 9.88. The van der Waals surface area contributed by atoms with Crippen LogP contribution in [0, 0.1) is 0 Å². The maximum Gasteiger partial charge on any atom is 0.0346 e. The van der Waals surface area contributed by atoms with Gasteiger partial charge in [-0.25, -0.2) is 0 Å². The lowest BCUT2D eigenvalue weighted by Crippen LogP contribution is -1.92. The largest absolute Gasteiger partial charge is 0.264 e. The van der Waals surface area contributed by atoms with Crippen molar-refractivity contribution in [3.63, 3.8) is 0 Å². The summed E-state index contributed by atoms with van der Waals surface area (Å²) in [5.74, 6) is 1.95. The van der Waals surface area contributed by atoms with E-state index >= 15 is 0 Å². The van der Waals surface area contributed by atoms with Gasteiger partial charge in [-0.3, -0.25) is 9.97 Å². The quantitative estimate of drug-likeness (QED) is 0.176. The van der Waals surface area contributed by atoms with Crippen LogP contribution in [-0.4, -0.2) is 9.97 Å². The van der Waals surface area contributed by atoms with Crippen molar-refractivity contribution in [1.82, 2.24) is 9.97 Å². The Kier molecular flexibility index (Phi) is 8.33. The van der Waals surface area contributed by atoms with E-state index in [4.69, 9.17) is 0 Å². The Hall–Kier alpha value is -6.03. The van der Waals surface area contributed by atoms with Crippen molar-refractivity contribution in [2.75, 3.05) is 0 Å². The zero-order valence-electron chi connectivity index (χ0n) is 28.0. The third-order valence-electron chi connectivity index (χ3n) is 9.76. The zero-order valence-corrected chi connectivity index (χ0v) is 28.9. The van der Waals surface area contributed by atoms with Crippen LogP contribution in [0.2, 0.25) is 0 Å². The van der Waals surface area contributed by atoms with E-state index in [-0.39, 0.29) is 0 Å². The number of hydrogen-bond donors (Lipinski definition) is 0. The molecule has 6 aromatic carbocycles. The Bertz CT molecular complexity index is 2360. The van der Waals surface area contributed by atoms with Crippen LogP contribution in [-0.2, 0) is 11.5 Å². The second-order valence-corrected chi connectivity index (χ2v) is 14.0. The van der Waals surface area contributed by atoms with Gasteiger partial charge in [-0.05, 0) is 139 Å². The molecule has 0 unspecified atom stereocenters. The van der Waals surface area contributed by atoms with Crippen molar-refractivity contribution >= 4 is 11.8 Å². The van der Waals surface area contributed by atoms with E-state index in [2.05, 4.69) is 156 Å². The van der Waals surface area contributed by atoms with E-state index in [1.54, 1.807) is 0 Å². The number of rotatable bonds is 6. The standard InChI is InChI=1S/C48H34N2S/c1-3-9-33(10-4-1)40-22-41(34-11-5-2-6-12-34)24-43(23-40)36-15-16-39-31-51-32-46-21-35(17-18-47(46)48(39)28-36)42-25-44(37-13-7-19-49-29-37)27-45(26-42)38-14-8-20-50-30-38/h1-30H,31-32H2. The average Bonchev–Trinajstić information content (AvgIpc) is 3.40. The summed E-state index contributed by atoms with van der Waals surface area (Å²) in [6.07, 6.45) is 7.52. The number of thioether (sulfide) groups is 1. The van der Waals surface area contributed by atoms with Gasteiger partial charge in [-0.15, -0.1) is 0 Å². The molecule has 1 aliphatic rings. The van der Waals surface area contributed by atoms with Crippen LogP contribution in [0.4, 0.5) is 0 Å². The normalized spacial score (nSPS) is 12.1. The van der Waals surface area contributed by atoms with E-state index in [0.29, 0.717) is 0 Å². The Morgan fingerprint density at radius 2 is 0.765 bits per heavy atom. The van der Waals surface area contributed by atoms with Gasteiger partial charge in [0.2, 0.25) is 0 Å². The highest BCUT2D eigenvalue weighted by Crippen LogP contribution is 2.42. The molecule has 0 aliphatic carbocycles. The number of fused-ring (bicyclic) bond motifs is 3. The smallest absolute Gasteiger partial charge is 0.0346 e. The summed E-state index contributed by atoms with van der Waals surface area (Å²) < 4.78 is 0. The maximum absolute atomic E-state index is 4.41. The first-order valence-corrected chi connectivity index (χ1v) is 18.5. The first kappa shape index (κ1) is 31.0. The molecule has 9 rings (SSSR count). The summed E-state index contributed by atoms with van der Waals surface area (Å²) in [4.78, 5) is 8.82. The van der Waals surface area contributed by atoms with E-state index in [0.717, 1.165) is 33.8 Å². The third-order valence-corrected chi connectivity index (χ3v) is 10.8. The Morgan fingerprint density at radius 1 is 0.314 bits per heavy atom. The van der Waals surface area contributed by atoms with Gasteiger partial charge in [0, 0.05) is 47.4 Å². The second kappa shape index (κ2) is 13.7. The van der Waals surface area contributed by atoms with Gasteiger partial charge in [0.15, 0.2) is 0 Å². The topological polar surface area (TPSA) is 25.8 Å². The lowest BCUT2D eigenvalue weighted by Gasteiger charge is -2.16. The van der Waals surface area contributed by atoms with Crippen LogP contribution >= 0.6 is 11.8 Å². The zero-order chi connectivity index (χ0) is 34.0. The molecule has 0 radical (unpaired) electrons. The van der Waals surface area contributed by atoms with Crippen LogP contribution in [0.5, 0.6) is 0 Å². The van der Waals surface area contributed by atoms with E-state index < -0.39 is 0 Å². The molecule has 0 saturated carbocycles. The summed E-state index contributed by atoms with van der Waals surface area (Å²) in [6.45, 7) is 0.